The SMILES string of the molecule is CCOC(=O)N1C[C@@H]2CCN(CC3=CN(O)C(=C4C(=O)Nc5ccc(C#N)cc54)C=C3)[C@@H]2C1. The minimum Gasteiger partial charge on any atom is -0.450 e. The molecule has 4 heterocycles. The summed E-state index contributed by atoms with van der Waals surface area (Å²) in [6.45, 7) is 5.12. The van der Waals surface area contributed by atoms with Crippen molar-refractivity contribution in [3.05, 3.63) is 58.9 Å². The molecule has 9 heteroatoms. The summed E-state index contributed by atoms with van der Waals surface area (Å²) in [5, 5.41) is 23.7. The summed E-state index contributed by atoms with van der Waals surface area (Å²) in [5.41, 5.74) is 3.26. The van der Waals surface area contributed by atoms with Crippen molar-refractivity contribution in [1.29, 1.82) is 5.26 Å². The normalized spacial score (nSPS) is 26.1. The zero-order valence-electron chi connectivity index (χ0n) is 18.3. The first-order valence-electron chi connectivity index (χ1n) is 11.1. The van der Waals surface area contributed by atoms with Crippen molar-refractivity contribution < 1.29 is 19.5 Å². The first-order chi connectivity index (χ1) is 16.0. The number of ether oxygens (including phenoxy) is 1. The van der Waals surface area contributed by atoms with Crippen molar-refractivity contribution in [3.63, 3.8) is 0 Å². The van der Waals surface area contributed by atoms with Crippen LogP contribution in [0.2, 0.25) is 0 Å². The third kappa shape index (κ3) is 3.77. The fraction of sp³-hybridized carbons (Fsp3) is 0.375. The van der Waals surface area contributed by atoms with Crippen LogP contribution in [0.4, 0.5) is 10.5 Å². The standard InChI is InChI=1S/C24H25N5O4/c1-2-33-24(31)28-13-17-7-8-27(21(17)14-28)11-16-4-6-20(29(32)12-16)22-18-9-15(10-25)3-5-19(18)26-23(22)30/h3-6,9,12,17,21,32H,2,7-8,11,13-14H2,1H3,(H,26,30)/t17-,21+/m0/s1. The third-order valence-electron chi connectivity index (χ3n) is 6.71. The number of nitriles is 1. The Hall–Kier alpha value is -3.61. The topological polar surface area (TPSA) is 109 Å². The van der Waals surface area contributed by atoms with Crippen LogP contribution >= 0.6 is 0 Å². The first kappa shape index (κ1) is 21.2. The highest BCUT2D eigenvalue weighted by atomic mass is 16.6. The van der Waals surface area contributed by atoms with E-state index in [4.69, 9.17) is 4.74 Å². The number of nitrogens with zero attached hydrogens (tertiary/aromatic N) is 4. The fourth-order valence-electron chi connectivity index (χ4n) is 5.16. The van der Waals surface area contributed by atoms with Gasteiger partial charge in [0.1, 0.15) is 0 Å². The van der Waals surface area contributed by atoms with Crippen molar-refractivity contribution in [2.24, 2.45) is 5.92 Å². The number of hydrogen-bond acceptors (Lipinski definition) is 7. The molecule has 0 aromatic heterocycles. The van der Waals surface area contributed by atoms with Gasteiger partial charge < -0.3 is 15.0 Å². The molecule has 0 spiro atoms. The molecule has 0 bridgehead atoms. The Kier molecular flexibility index (Phi) is 5.40. The number of amides is 2. The molecule has 0 aliphatic carbocycles. The van der Waals surface area contributed by atoms with E-state index in [1.807, 2.05) is 13.0 Å². The molecule has 0 radical (unpaired) electrons. The monoisotopic (exact) mass is 447 g/mol. The van der Waals surface area contributed by atoms with Crippen LogP contribution in [-0.4, -0.2) is 70.9 Å². The molecule has 2 atom stereocenters. The third-order valence-corrected chi connectivity index (χ3v) is 6.71. The maximum Gasteiger partial charge on any atom is 0.409 e. The second-order valence-corrected chi connectivity index (χ2v) is 8.66. The van der Waals surface area contributed by atoms with E-state index < -0.39 is 0 Å². The molecule has 4 aliphatic rings. The lowest BCUT2D eigenvalue weighted by Crippen LogP contribution is -2.38. The van der Waals surface area contributed by atoms with Crippen LogP contribution in [-0.2, 0) is 9.53 Å². The number of allylic oxidation sites excluding steroid dienone is 1. The predicted octanol–water partition coefficient (Wildman–Crippen LogP) is 2.53. The first-order valence-corrected chi connectivity index (χ1v) is 11.1. The van der Waals surface area contributed by atoms with Gasteiger partial charge in [0.05, 0.1) is 29.5 Å². The van der Waals surface area contributed by atoms with Gasteiger partial charge >= 0.3 is 6.09 Å². The Bertz CT molecular complexity index is 1150. The van der Waals surface area contributed by atoms with Crippen molar-refractivity contribution in [2.75, 3.05) is 38.1 Å². The number of nitrogens with one attached hydrogen (secondary N) is 1. The van der Waals surface area contributed by atoms with Gasteiger partial charge in [0, 0.05) is 43.1 Å². The number of anilines is 1. The van der Waals surface area contributed by atoms with Crippen molar-refractivity contribution in [1.82, 2.24) is 14.9 Å². The highest BCUT2D eigenvalue weighted by molar-refractivity contribution is 6.32. The number of rotatable bonds is 3. The number of carbonyl (C=O) groups is 2. The minimum atomic E-state index is -0.317. The molecule has 1 aromatic carbocycles. The van der Waals surface area contributed by atoms with Crippen LogP contribution < -0.4 is 5.32 Å². The molecule has 1 aromatic rings. The summed E-state index contributed by atoms with van der Waals surface area (Å²) in [6, 6.07) is 7.34. The fourth-order valence-corrected chi connectivity index (χ4v) is 5.16. The zero-order valence-corrected chi connectivity index (χ0v) is 18.3. The Morgan fingerprint density at radius 1 is 1.33 bits per heavy atom. The van der Waals surface area contributed by atoms with Crippen LogP contribution in [0.1, 0.15) is 24.5 Å². The number of likely N-dealkylation sites (tertiary alicyclic amines) is 2. The molecule has 5 rings (SSSR count). The summed E-state index contributed by atoms with van der Waals surface area (Å²) >= 11 is 0. The molecule has 9 nitrogen and oxygen atoms in total. The Morgan fingerprint density at radius 3 is 2.94 bits per heavy atom. The van der Waals surface area contributed by atoms with Gasteiger partial charge in [0.2, 0.25) is 0 Å². The molecular formula is C24H25N5O4. The average molecular weight is 447 g/mol. The predicted molar refractivity (Wildman–Crippen MR) is 120 cm³/mol. The molecule has 2 amide bonds. The van der Waals surface area contributed by atoms with E-state index in [9.17, 15) is 20.1 Å². The minimum absolute atomic E-state index is 0.254. The van der Waals surface area contributed by atoms with E-state index in [1.165, 1.54) is 0 Å². The lowest BCUT2D eigenvalue weighted by Gasteiger charge is -2.27. The summed E-state index contributed by atoms with van der Waals surface area (Å²) in [4.78, 5) is 28.8. The maximum atomic E-state index is 12.6. The quantitative estimate of drug-likeness (QED) is 0.686. The smallest absolute Gasteiger partial charge is 0.409 e. The molecule has 0 unspecified atom stereocenters. The van der Waals surface area contributed by atoms with Crippen molar-refractivity contribution >= 4 is 23.3 Å². The van der Waals surface area contributed by atoms with Gasteiger partial charge in [0.25, 0.3) is 5.91 Å². The van der Waals surface area contributed by atoms with E-state index >= 15 is 0 Å². The molecule has 2 saturated heterocycles. The second kappa shape index (κ2) is 8.39. The molecule has 170 valence electrons. The Morgan fingerprint density at radius 2 is 2.18 bits per heavy atom. The lowest BCUT2D eigenvalue weighted by atomic mass is 10.0. The number of carbonyl (C=O) groups excluding carboxylic acids is 2. The van der Waals surface area contributed by atoms with Gasteiger partial charge in [-0.05, 0) is 55.7 Å². The number of hydrogen-bond donors (Lipinski definition) is 2. The number of benzene rings is 1. The van der Waals surface area contributed by atoms with Gasteiger partial charge in [-0.3, -0.25) is 14.9 Å². The van der Waals surface area contributed by atoms with Crippen LogP contribution in [0.3, 0.4) is 0 Å². The second-order valence-electron chi connectivity index (χ2n) is 8.66. The Labute approximate surface area is 191 Å². The summed E-state index contributed by atoms with van der Waals surface area (Å²) < 4.78 is 5.15. The van der Waals surface area contributed by atoms with Crippen LogP contribution in [0, 0.1) is 17.2 Å². The molecule has 2 N–H and O–H groups in total. The number of hydroxylamine groups is 2. The van der Waals surface area contributed by atoms with Gasteiger partial charge in [-0.2, -0.15) is 5.26 Å². The van der Waals surface area contributed by atoms with Crippen LogP contribution in [0.5, 0.6) is 0 Å². The maximum absolute atomic E-state index is 12.6. The van der Waals surface area contributed by atoms with Gasteiger partial charge in [-0.15, -0.1) is 0 Å². The van der Waals surface area contributed by atoms with Gasteiger partial charge in [-0.1, -0.05) is 6.08 Å². The molecule has 33 heavy (non-hydrogen) atoms. The molecule has 4 aliphatic heterocycles. The van der Waals surface area contributed by atoms with E-state index in [2.05, 4.69) is 16.3 Å². The molecular weight excluding hydrogens is 422 g/mol. The highest BCUT2D eigenvalue weighted by Crippen LogP contribution is 2.37. The van der Waals surface area contributed by atoms with E-state index in [0.717, 1.165) is 30.1 Å². The van der Waals surface area contributed by atoms with Crippen LogP contribution in [0.25, 0.3) is 5.57 Å². The summed E-state index contributed by atoms with van der Waals surface area (Å²) in [6.07, 6.45) is 6.02. The van der Waals surface area contributed by atoms with Gasteiger partial charge in [0.15, 0.2) is 0 Å². The van der Waals surface area contributed by atoms with E-state index in [-0.39, 0.29) is 18.0 Å². The lowest BCUT2D eigenvalue weighted by molar-refractivity contribution is -0.111. The van der Waals surface area contributed by atoms with E-state index in [1.54, 1.807) is 35.4 Å². The number of fused-ring (bicyclic) bond motifs is 2. The van der Waals surface area contributed by atoms with Crippen LogP contribution in [0.15, 0.2) is 47.8 Å². The Balaban J connectivity index is 1.32. The molecule has 0 saturated carbocycles. The van der Waals surface area contributed by atoms with Crippen molar-refractivity contribution in [2.45, 2.75) is 19.4 Å². The van der Waals surface area contributed by atoms with E-state index in [0.29, 0.717) is 53.7 Å². The summed E-state index contributed by atoms with van der Waals surface area (Å²) in [7, 11) is 0. The highest BCUT2D eigenvalue weighted by Gasteiger charge is 2.43. The largest absolute Gasteiger partial charge is 0.450 e. The molecule has 2 fully saturated rings. The van der Waals surface area contributed by atoms with Crippen molar-refractivity contribution in [3.8, 4) is 6.07 Å². The zero-order chi connectivity index (χ0) is 23.1. The average Bonchev–Trinajstić information content (AvgIpc) is 3.47. The van der Waals surface area contributed by atoms with Gasteiger partial charge in [-0.25, -0.2) is 9.86 Å². The summed E-state index contributed by atoms with van der Waals surface area (Å²) in [5.74, 6) is 0.113.